The highest BCUT2D eigenvalue weighted by Gasteiger charge is 2.34. The molecule has 0 saturated carbocycles. The average molecular weight is 433 g/mol. The number of nitriles is 1. The lowest BCUT2D eigenvalue weighted by molar-refractivity contribution is 0.101. The summed E-state index contributed by atoms with van der Waals surface area (Å²) in [7, 11) is 3.05. The van der Waals surface area contributed by atoms with Crippen LogP contribution >= 0.6 is 22.6 Å². The third kappa shape index (κ3) is 2.71. The van der Waals surface area contributed by atoms with Gasteiger partial charge < -0.3 is 14.2 Å². The zero-order valence-electron chi connectivity index (χ0n) is 12.9. The van der Waals surface area contributed by atoms with Gasteiger partial charge in [0.15, 0.2) is 11.5 Å². The summed E-state index contributed by atoms with van der Waals surface area (Å²) in [6, 6.07) is 10.6. The number of benzene rings is 2. The van der Waals surface area contributed by atoms with Crippen LogP contribution in [0.2, 0.25) is 0 Å². The number of ketones is 1. The predicted molar refractivity (Wildman–Crippen MR) is 96.4 cm³/mol. The highest BCUT2D eigenvalue weighted by atomic mass is 127. The lowest BCUT2D eigenvalue weighted by Crippen LogP contribution is -2.00. The maximum atomic E-state index is 12.7. The second-order valence-electron chi connectivity index (χ2n) is 4.97. The number of carbonyl (C=O) groups is 1. The van der Waals surface area contributed by atoms with E-state index < -0.39 is 0 Å². The number of ether oxygens (including phenoxy) is 3. The monoisotopic (exact) mass is 433 g/mol. The van der Waals surface area contributed by atoms with Crippen molar-refractivity contribution in [2.45, 2.75) is 0 Å². The van der Waals surface area contributed by atoms with Crippen LogP contribution in [0.5, 0.6) is 17.2 Å². The number of methoxy groups -OCH3 is 2. The molecule has 3 rings (SSSR count). The van der Waals surface area contributed by atoms with E-state index in [-0.39, 0.29) is 11.5 Å². The normalized spacial score (nSPS) is 14.1. The van der Waals surface area contributed by atoms with Gasteiger partial charge in [0.05, 0.1) is 29.4 Å². The van der Waals surface area contributed by atoms with Crippen molar-refractivity contribution in [2.75, 3.05) is 14.2 Å². The molecule has 0 aliphatic carbocycles. The SMILES string of the molecule is COc1cc(OC)c2c(c1I)OC(=Cc1ccc(C#N)cc1)C2=O. The Labute approximate surface area is 152 Å². The van der Waals surface area contributed by atoms with Crippen LogP contribution in [0.15, 0.2) is 36.1 Å². The number of hydrogen-bond acceptors (Lipinski definition) is 5. The van der Waals surface area contributed by atoms with Crippen molar-refractivity contribution < 1.29 is 19.0 Å². The standard InChI is InChI=1S/C18H12INO4/c1-22-12-8-13(23-2)16(19)18-15(12)17(21)14(24-18)7-10-3-5-11(9-20)6-4-10/h3-8H,1-2H3. The fourth-order valence-corrected chi connectivity index (χ4v) is 3.14. The fraction of sp³-hybridized carbons (Fsp3) is 0.111. The van der Waals surface area contributed by atoms with Crippen molar-refractivity contribution in [3.8, 4) is 23.3 Å². The van der Waals surface area contributed by atoms with Gasteiger partial charge in [0.1, 0.15) is 17.1 Å². The van der Waals surface area contributed by atoms with E-state index in [1.807, 2.05) is 0 Å². The van der Waals surface area contributed by atoms with Crippen LogP contribution in [0.1, 0.15) is 21.5 Å². The van der Waals surface area contributed by atoms with E-state index in [1.165, 1.54) is 7.11 Å². The summed E-state index contributed by atoms with van der Waals surface area (Å²) in [5.74, 6) is 1.40. The van der Waals surface area contributed by atoms with E-state index in [1.54, 1.807) is 43.5 Å². The highest BCUT2D eigenvalue weighted by Crippen LogP contribution is 2.45. The molecule has 0 aromatic heterocycles. The number of halogens is 1. The quantitative estimate of drug-likeness (QED) is 0.544. The third-order valence-corrected chi connectivity index (χ3v) is 4.61. The molecule has 6 heteroatoms. The van der Waals surface area contributed by atoms with Crippen LogP contribution in [0.4, 0.5) is 0 Å². The van der Waals surface area contributed by atoms with Crippen molar-refractivity contribution in [1.29, 1.82) is 5.26 Å². The van der Waals surface area contributed by atoms with Gasteiger partial charge in [-0.2, -0.15) is 5.26 Å². The van der Waals surface area contributed by atoms with Crippen LogP contribution < -0.4 is 14.2 Å². The zero-order valence-corrected chi connectivity index (χ0v) is 15.1. The number of hydrogen-bond donors (Lipinski definition) is 0. The largest absolute Gasteiger partial charge is 0.496 e. The van der Waals surface area contributed by atoms with Gasteiger partial charge in [-0.1, -0.05) is 12.1 Å². The number of allylic oxidation sites excluding steroid dienone is 1. The summed E-state index contributed by atoms with van der Waals surface area (Å²) >= 11 is 2.08. The minimum absolute atomic E-state index is 0.208. The molecule has 24 heavy (non-hydrogen) atoms. The van der Waals surface area contributed by atoms with E-state index in [2.05, 4.69) is 28.7 Å². The second-order valence-corrected chi connectivity index (χ2v) is 6.05. The first-order chi connectivity index (χ1) is 11.6. The minimum Gasteiger partial charge on any atom is -0.496 e. The molecule has 0 unspecified atom stereocenters. The van der Waals surface area contributed by atoms with Crippen LogP contribution in [0.25, 0.3) is 6.08 Å². The van der Waals surface area contributed by atoms with Gasteiger partial charge in [-0.25, -0.2) is 0 Å². The molecule has 1 aliphatic rings. The molecule has 0 bridgehead atoms. The summed E-state index contributed by atoms with van der Waals surface area (Å²) in [5, 5.41) is 8.84. The highest BCUT2D eigenvalue weighted by molar-refractivity contribution is 14.1. The van der Waals surface area contributed by atoms with Crippen LogP contribution in [0, 0.1) is 14.9 Å². The number of nitrogens with zero attached hydrogens (tertiary/aromatic N) is 1. The van der Waals surface area contributed by atoms with Crippen molar-refractivity contribution in [3.05, 3.63) is 56.4 Å². The third-order valence-electron chi connectivity index (χ3n) is 3.59. The van der Waals surface area contributed by atoms with E-state index in [4.69, 9.17) is 19.5 Å². The van der Waals surface area contributed by atoms with Gasteiger partial charge in [-0.15, -0.1) is 0 Å². The van der Waals surface area contributed by atoms with Gasteiger partial charge in [-0.3, -0.25) is 4.79 Å². The molecule has 1 aliphatic heterocycles. The minimum atomic E-state index is -0.244. The molecule has 2 aromatic carbocycles. The summed E-state index contributed by atoms with van der Waals surface area (Å²) < 4.78 is 17.1. The lowest BCUT2D eigenvalue weighted by Gasteiger charge is -2.10. The first-order valence-electron chi connectivity index (χ1n) is 6.98. The van der Waals surface area contributed by atoms with Gasteiger partial charge in [-0.05, 0) is 46.4 Å². The Morgan fingerprint density at radius 2 is 1.83 bits per heavy atom. The summed E-state index contributed by atoms with van der Waals surface area (Å²) in [5.41, 5.74) is 1.72. The molecule has 0 N–H and O–H groups in total. The molecular weight excluding hydrogens is 421 g/mol. The van der Waals surface area contributed by atoms with Crippen molar-refractivity contribution in [1.82, 2.24) is 0 Å². The van der Waals surface area contributed by atoms with E-state index in [0.717, 1.165) is 5.56 Å². The maximum Gasteiger partial charge on any atom is 0.235 e. The Kier molecular flexibility index (Phi) is 4.44. The molecule has 5 nitrogen and oxygen atoms in total. The Morgan fingerprint density at radius 1 is 1.17 bits per heavy atom. The van der Waals surface area contributed by atoms with Crippen LogP contribution in [-0.2, 0) is 0 Å². The number of Topliss-reactive ketones (excluding diaryl/α,β-unsaturated/α-hetero) is 1. The van der Waals surface area contributed by atoms with Gasteiger partial charge >= 0.3 is 0 Å². The Bertz CT molecular complexity index is 895. The Morgan fingerprint density at radius 3 is 2.42 bits per heavy atom. The topological polar surface area (TPSA) is 68.6 Å². The molecule has 1 heterocycles. The molecule has 0 fully saturated rings. The van der Waals surface area contributed by atoms with E-state index in [9.17, 15) is 4.79 Å². The number of carbonyl (C=O) groups excluding carboxylic acids is 1. The van der Waals surface area contributed by atoms with Gasteiger partial charge in [0.2, 0.25) is 5.78 Å². The maximum absolute atomic E-state index is 12.7. The van der Waals surface area contributed by atoms with Crippen molar-refractivity contribution in [2.24, 2.45) is 0 Å². The average Bonchev–Trinajstić information content (AvgIpc) is 2.94. The second kappa shape index (κ2) is 6.53. The van der Waals surface area contributed by atoms with Crippen molar-refractivity contribution >= 4 is 34.5 Å². The Hall–Kier alpha value is -2.53. The molecule has 0 spiro atoms. The molecule has 0 amide bonds. The van der Waals surface area contributed by atoms with E-state index in [0.29, 0.717) is 31.9 Å². The van der Waals surface area contributed by atoms with E-state index >= 15 is 0 Å². The van der Waals surface area contributed by atoms with Crippen LogP contribution in [0.3, 0.4) is 0 Å². The molecule has 0 saturated heterocycles. The molecule has 0 atom stereocenters. The summed E-state index contributed by atoms with van der Waals surface area (Å²) in [4.78, 5) is 12.7. The molecule has 0 radical (unpaired) electrons. The molecule has 2 aromatic rings. The van der Waals surface area contributed by atoms with Crippen LogP contribution in [-0.4, -0.2) is 20.0 Å². The predicted octanol–water partition coefficient (Wildman–Crippen LogP) is 3.80. The summed E-state index contributed by atoms with van der Waals surface area (Å²) in [6.45, 7) is 0. The van der Waals surface area contributed by atoms with Gasteiger partial charge in [0.25, 0.3) is 0 Å². The summed E-state index contributed by atoms with van der Waals surface area (Å²) in [6.07, 6.45) is 1.64. The number of rotatable bonds is 3. The fourth-order valence-electron chi connectivity index (χ4n) is 2.39. The smallest absolute Gasteiger partial charge is 0.235 e. The lowest BCUT2D eigenvalue weighted by atomic mass is 10.1. The molecule has 120 valence electrons. The van der Waals surface area contributed by atoms with Gasteiger partial charge in [0, 0.05) is 6.07 Å². The number of fused-ring (bicyclic) bond motifs is 1. The first kappa shape index (κ1) is 16.3. The van der Waals surface area contributed by atoms with Crippen molar-refractivity contribution in [3.63, 3.8) is 0 Å². The molecular formula is C18H12INO4. The first-order valence-corrected chi connectivity index (χ1v) is 8.05. The zero-order chi connectivity index (χ0) is 17.3. The Balaban J connectivity index is 2.05.